The van der Waals surface area contributed by atoms with Gasteiger partial charge in [0.15, 0.2) is 0 Å². The van der Waals surface area contributed by atoms with E-state index in [1.807, 2.05) is 0 Å². The van der Waals surface area contributed by atoms with Gasteiger partial charge >= 0.3 is 0 Å². The van der Waals surface area contributed by atoms with Gasteiger partial charge in [-0.2, -0.15) is 0 Å². The van der Waals surface area contributed by atoms with Crippen molar-refractivity contribution in [1.82, 2.24) is 0 Å². The number of fused-ring (bicyclic) bond motifs is 7. The molecule has 0 saturated heterocycles. The molecule has 0 aromatic rings. The summed E-state index contributed by atoms with van der Waals surface area (Å²) in [6.07, 6.45) is 14.8. The average Bonchev–Trinajstić information content (AvgIpc) is 3.10. The van der Waals surface area contributed by atoms with Crippen molar-refractivity contribution in [3.63, 3.8) is 0 Å². The summed E-state index contributed by atoms with van der Waals surface area (Å²) in [6.45, 7) is 22.9. The summed E-state index contributed by atoms with van der Waals surface area (Å²) in [5, 5.41) is 0. The molecule has 5 aliphatic carbocycles. The van der Waals surface area contributed by atoms with Crippen LogP contribution in [-0.4, -0.2) is 0 Å². The fourth-order valence-electron chi connectivity index (χ4n) is 11.3. The summed E-state index contributed by atoms with van der Waals surface area (Å²) >= 11 is 0. The van der Waals surface area contributed by atoms with E-state index >= 15 is 0 Å². The lowest BCUT2D eigenvalue weighted by Gasteiger charge is -2.70. The Morgan fingerprint density at radius 2 is 1.41 bits per heavy atom. The van der Waals surface area contributed by atoms with E-state index in [0.717, 1.165) is 29.6 Å². The van der Waals surface area contributed by atoms with Crippen LogP contribution in [0.25, 0.3) is 0 Å². The zero-order chi connectivity index (χ0) is 21.0. The second-order valence-electron chi connectivity index (χ2n) is 14.3. The molecule has 9 atom stereocenters. The van der Waals surface area contributed by atoms with Crippen molar-refractivity contribution in [2.24, 2.45) is 56.7 Å². The minimum Gasteiger partial charge on any atom is -0.0998 e. The number of hydrogen-bond acceptors (Lipinski definition) is 0. The summed E-state index contributed by atoms with van der Waals surface area (Å²) in [5.41, 5.74) is 4.32. The smallest absolute Gasteiger partial charge is 0.0172 e. The molecule has 0 aromatic carbocycles. The van der Waals surface area contributed by atoms with E-state index in [1.54, 1.807) is 0 Å². The third kappa shape index (κ3) is 2.39. The maximum atomic E-state index is 4.49. The second kappa shape index (κ2) is 5.95. The molecule has 0 heterocycles. The van der Waals surface area contributed by atoms with Crippen LogP contribution in [0, 0.1) is 56.7 Å². The van der Waals surface area contributed by atoms with Gasteiger partial charge in [-0.05, 0) is 128 Å². The Kier molecular flexibility index (Phi) is 4.23. The largest absolute Gasteiger partial charge is 0.0998 e. The standard InChI is InChI=1S/C29H48/c1-19(2)20-11-13-26(5)16-18-28(7)21(24(20)26)9-10-23-27(6)17-15-25(3,4)22(27)12-14-29(23,28)8/h20-24H,1,9-18H2,2-8H3/t20-,21+,22-,23+,24+,26+,27-,28+,29+/m0/s1. The Morgan fingerprint density at radius 1 is 0.690 bits per heavy atom. The van der Waals surface area contributed by atoms with Crippen molar-refractivity contribution < 1.29 is 0 Å². The fourth-order valence-corrected chi connectivity index (χ4v) is 11.3. The highest BCUT2D eigenvalue weighted by Crippen LogP contribution is 2.78. The third-order valence-corrected chi connectivity index (χ3v) is 13.0. The molecule has 0 amide bonds. The minimum absolute atomic E-state index is 0.541. The lowest BCUT2D eigenvalue weighted by atomic mass is 9.34. The Hall–Kier alpha value is -0.260. The molecule has 5 aliphatic rings. The van der Waals surface area contributed by atoms with Gasteiger partial charge in [-0.25, -0.2) is 0 Å². The fraction of sp³-hybridized carbons (Fsp3) is 0.931. The molecule has 0 nitrogen and oxygen atoms in total. The maximum absolute atomic E-state index is 4.49. The topological polar surface area (TPSA) is 0 Å². The van der Waals surface area contributed by atoms with Gasteiger partial charge < -0.3 is 0 Å². The first kappa shape index (κ1) is 20.6. The highest BCUT2D eigenvalue weighted by molar-refractivity contribution is 5.21. The van der Waals surface area contributed by atoms with Gasteiger partial charge in [-0.15, -0.1) is 0 Å². The second-order valence-corrected chi connectivity index (χ2v) is 14.3. The van der Waals surface area contributed by atoms with Gasteiger partial charge in [-0.3, -0.25) is 0 Å². The molecule has 164 valence electrons. The van der Waals surface area contributed by atoms with Gasteiger partial charge in [0, 0.05) is 0 Å². The molecule has 5 fully saturated rings. The van der Waals surface area contributed by atoms with Crippen LogP contribution >= 0.6 is 0 Å². The van der Waals surface area contributed by atoms with Crippen LogP contribution in [0.15, 0.2) is 12.2 Å². The highest BCUT2D eigenvalue weighted by atomic mass is 14.7. The SMILES string of the molecule is C=C(C)[C@@H]1CC[C@]2(C)CC[C@]3(C)[C@H](CC[C@@H]4[C@@]5(C)CCC(C)(C)[C@@H]5CC[C@]43C)[C@@H]12. The molecule has 0 radical (unpaired) electrons. The van der Waals surface area contributed by atoms with Crippen LogP contribution in [0.1, 0.15) is 113 Å². The molecule has 5 saturated carbocycles. The molecule has 0 aliphatic heterocycles. The first-order valence-electron chi connectivity index (χ1n) is 13.0. The van der Waals surface area contributed by atoms with Crippen LogP contribution in [0.3, 0.4) is 0 Å². The third-order valence-electron chi connectivity index (χ3n) is 13.0. The van der Waals surface area contributed by atoms with E-state index in [-0.39, 0.29) is 0 Å². The zero-order valence-electron chi connectivity index (χ0n) is 20.7. The summed E-state index contributed by atoms with van der Waals surface area (Å²) < 4.78 is 0. The van der Waals surface area contributed by atoms with Crippen LogP contribution in [0.2, 0.25) is 0 Å². The minimum atomic E-state index is 0.541. The van der Waals surface area contributed by atoms with E-state index in [1.165, 1.54) is 69.8 Å². The molecule has 0 bridgehead atoms. The lowest BCUT2D eigenvalue weighted by molar-refractivity contribution is -0.216. The number of allylic oxidation sites excluding steroid dienone is 1. The van der Waals surface area contributed by atoms with Crippen molar-refractivity contribution in [2.45, 2.75) is 113 Å². The van der Waals surface area contributed by atoms with E-state index in [4.69, 9.17) is 0 Å². The molecule has 0 unspecified atom stereocenters. The van der Waals surface area contributed by atoms with Crippen LogP contribution in [-0.2, 0) is 0 Å². The van der Waals surface area contributed by atoms with Crippen LogP contribution in [0.4, 0.5) is 0 Å². The van der Waals surface area contributed by atoms with Crippen molar-refractivity contribution in [3.05, 3.63) is 12.2 Å². The molecule has 0 N–H and O–H groups in total. The van der Waals surface area contributed by atoms with Crippen molar-refractivity contribution in [2.75, 3.05) is 0 Å². The Labute approximate surface area is 181 Å². The first-order chi connectivity index (χ1) is 13.4. The highest BCUT2D eigenvalue weighted by Gasteiger charge is 2.70. The van der Waals surface area contributed by atoms with Gasteiger partial charge in [0.25, 0.3) is 0 Å². The molecule has 5 rings (SSSR count). The molecular formula is C29H48. The average molecular weight is 397 g/mol. The molecule has 0 heteroatoms. The van der Waals surface area contributed by atoms with E-state index in [9.17, 15) is 0 Å². The van der Waals surface area contributed by atoms with E-state index < -0.39 is 0 Å². The first-order valence-corrected chi connectivity index (χ1v) is 13.0. The monoisotopic (exact) mass is 396 g/mol. The van der Waals surface area contributed by atoms with Gasteiger partial charge in [0.05, 0.1) is 0 Å². The van der Waals surface area contributed by atoms with Crippen molar-refractivity contribution >= 4 is 0 Å². The summed E-state index contributed by atoms with van der Waals surface area (Å²) in [7, 11) is 0. The Balaban J connectivity index is 1.55. The molecule has 29 heavy (non-hydrogen) atoms. The molecular weight excluding hydrogens is 348 g/mol. The predicted octanol–water partition coefficient (Wildman–Crippen LogP) is 8.66. The summed E-state index contributed by atoms with van der Waals surface area (Å²) in [5.74, 6) is 4.54. The van der Waals surface area contributed by atoms with Gasteiger partial charge in [-0.1, -0.05) is 53.7 Å². The molecule has 0 aromatic heterocycles. The van der Waals surface area contributed by atoms with Gasteiger partial charge in [0.1, 0.15) is 0 Å². The molecule has 0 spiro atoms. The number of rotatable bonds is 1. The van der Waals surface area contributed by atoms with E-state index in [0.29, 0.717) is 27.1 Å². The van der Waals surface area contributed by atoms with Crippen LogP contribution < -0.4 is 0 Å². The lowest BCUT2D eigenvalue weighted by Crippen LogP contribution is -2.63. The normalized spacial score (nSPS) is 58.1. The van der Waals surface area contributed by atoms with Crippen molar-refractivity contribution in [1.29, 1.82) is 0 Å². The van der Waals surface area contributed by atoms with E-state index in [2.05, 4.69) is 55.0 Å². The van der Waals surface area contributed by atoms with Crippen LogP contribution in [0.5, 0.6) is 0 Å². The Morgan fingerprint density at radius 3 is 2.10 bits per heavy atom. The van der Waals surface area contributed by atoms with Gasteiger partial charge in [0.2, 0.25) is 0 Å². The quantitative estimate of drug-likeness (QED) is 0.389. The summed E-state index contributed by atoms with van der Waals surface area (Å²) in [6, 6.07) is 0. The van der Waals surface area contributed by atoms with Crippen molar-refractivity contribution in [3.8, 4) is 0 Å². The maximum Gasteiger partial charge on any atom is -0.0172 e. The number of hydrogen-bond donors (Lipinski definition) is 0. The summed E-state index contributed by atoms with van der Waals surface area (Å²) in [4.78, 5) is 0. The predicted molar refractivity (Wildman–Crippen MR) is 125 cm³/mol. The zero-order valence-corrected chi connectivity index (χ0v) is 20.7. The Bertz CT molecular complexity index is 716.